The first kappa shape index (κ1) is 23.9. The molecular formula is C27H27N5O3. The maximum absolute atomic E-state index is 13.7. The van der Waals surface area contributed by atoms with Crippen molar-refractivity contribution < 1.29 is 9.32 Å². The number of aryl methyl sites for hydroxylation is 2. The Labute approximate surface area is 203 Å². The third-order valence-electron chi connectivity index (χ3n) is 6.14. The molecular weight excluding hydrogens is 442 g/mol. The highest BCUT2D eigenvalue weighted by Crippen LogP contribution is 2.27. The second kappa shape index (κ2) is 10.3. The molecule has 2 aromatic carbocycles. The molecule has 0 fully saturated rings. The van der Waals surface area contributed by atoms with E-state index >= 15 is 0 Å². The molecule has 35 heavy (non-hydrogen) atoms. The lowest BCUT2D eigenvalue weighted by Gasteiger charge is -2.32. The highest BCUT2D eigenvalue weighted by molar-refractivity contribution is 5.96. The number of carbonyl (C=O) groups excluding carboxylic acids is 1. The molecule has 1 unspecified atom stereocenters. The number of nitriles is 1. The molecule has 0 N–H and O–H groups in total. The quantitative estimate of drug-likeness (QED) is 0.375. The molecule has 0 saturated carbocycles. The minimum atomic E-state index is -0.554. The molecule has 4 aromatic rings. The van der Waals surface area contributed by atoms with E-state index in [1.165, 1.54) is 0 Å². The van der Waals surface area contributed by atoms with E-state index in [1.54, 1.807) is 22.5 Å². The number of hydrogen-bond acceptors (Lipinski definition) is 6. The van der Waals surface area contributed by atoms with Crippen LogP contribution in [0.1, 0.15) is 58.8 Å². The Hall–Kier alpha value is -4.25. The van der Waals surface area contributed by atoms with Crippen molar-refractivity contribution in [3.63, 3.8) is 0 Å². The maximum Gasteiger partial charge on any atom is 0.267 e. The van der Waals surface area contributed by atoms with Crippen LogP contribution in [0.3, 0.4) is 0 Å². The van der Waals surface area contributed by atoms with Crippen LogP contribution in [0.4, 0.5) is 0 Å². The second-order valence-electron chi connectivity index (χ2n) is 8.44. The predicted molar refractivity (Wildman–Crippen MR) is 132 cm³/mol. The summed E-state index contributed by atoms with van der Waals surface area (Å²) >= 11 is 0. The first-order valence-corrected chi connectivity index (χ1v) is 11.6. The van der Waals surface area contributed by atoms with Crippen LogP contribution >= 0.6 is 0 Å². The Balaban J connectivity index is 1.90. The molecule has 2 aromatic heterocycles. The summed E-state index contributed by atoms with van der Waals surface area (Å²) in [5, 5.41) is 13.6. The average Bonchev–Trinajstić information content (AvgIpc) is 3.24. The van der Waals surface area contributed by atoms with E-state index in [-0.39, 0.29) is 36.7 Å². The Morgan fingerprint density at radius 2 is 1.86 bits per heavy atom. The zero-order valence-electron chi connectivity index (χ0n) is 20.1. The fourth-order valence-corrected chi connectivity index (χ4v) is 4.34. The molecule has 0 spiro atoms. The zero-order chi connectivity index (χ0) is 24.9. The summed E-state index contributed by atoms with van der Waals surface area (Å²) in [7, 11) is 0. The molecule has 4 rings (SSSR count). The van der Waals surface area contributed by atoms with E-state index in [4.69, 9.17) is 9.51 Å². The van der Waals surface area contributed by atoms with E-state index in [1.807, 2.05) is 62.4 Å². The average molecular weight is 470 g/mol. The van der Waals surface area contributed by atoms with Gasteiger partial charge in [0.1, 0.15) is 11.2 Å². The van der Waals surface area contributed by atoms with E-state index in [2.05, 4.69) is 11.2 Å². The van der Waals surface area contributed by atoms with Crippen molar-refractivity contribution in [1.29, 1.82) is 5.26 Å². The van der Waals surface area contributed by atoms with Gasteiger partial charge in [0.05, 0.1) is 30.8 Å². The van der Waals surface area contributed by atoms with Crippen LogP contribution in [0.2, 0.25) is 0 Å². The van der Waals surface area contributed by atoms with Gasteiger partial charge >= 0.3 is 0 Å². The van der Waals surface area contributed by atoms with E-state index in [0.717, 1.165) is 11.1 Å². The van der Waals surface area contributed by atoms with Crippen LogP contribution in [0, 0.1) is 25.2 Å². The summed E-state index contributed by atoms with van der Waals surface area (Å²) in [6.45, 7) is 6.01. The van der Waals surface area contributed by atoms with Crippen LogP contribution in [-0.4, -0.2) is 32.1 Å². The van der Waals surface area contributed by atoms with Gasteiger partial charge in [0.25, 0.3) is 17.2 Å². The number of nitrogens with zero attached hydrogens (tertiary/aromatic N) is 5. The smallest absolute Gasteiger partial charge is 0.267 e. The minimum Gasteiger partial charge on any atom is -0.335 e. The van der Waals surface area contributed by atoms with Gasteiger partial charge in [-0.25, -0.2) is 0 Å². The van der Waals surface area contributed by atoms with Gasteiger partial charge in [0, 0.05) is 12.1 Å². The molecule has 0 aliphatic rings. The Morgan fingerprint density at radius 3 is 2.54 bits per heavy atom. The Kier molecular flexibility index (Phi) is 7.06. The van der Waals surface area contributed by atoms with Gasteiger partial charge in [-0.1, -0.05) is 60.6 Å². The van der Waals surface area contributed by atoms with Gasteiger partial charge in [0.2, 0.25) is 0 Å². The molecule has 0 radical (unpaired) electrons. The summed E-state index contributed by atoms with van der Waals surface area (Å²) in [5.74, 6) is 0.199. The predicted octanol–water partition coefficient (Wildman–Crippen LogP) is 4.56. The second-order valence-corrected chi connectivity index (χ2v) is 8.44. The molecule has 0 saturated heterocycles. The van der Waals surface area contributed by atoms with Crippen molar-refractivity contribution in [2.24, 2.45) is 0 Å². The number of hydrogen-bond donors (Lipinski definition) is 0. The third kappa shape index (κ3) is 4.71. The SMILES string of the molecule is CCC(c1nc2onc(C)c2c(=O)n1Cc1ccccc1)N(CCC#N)C(=O)c1ccccc1C. The maximum atomic E-state index is 13.7. The lowest BCUT2D eigenvalue weighted by Crippen LogP contribution is -2.39. The first-order chi connectivity index (χ1) is 17.0. The first-order valence-electron chi connectivity index (χ1n) is 11.6. The highest BCUT2D eigenvalue weighted by atomic mass is 16.5. The number of fused-ring (bicyclic) bond motifs is 1. The molecule has 0 bridgehead atoms. The molecule has 2 heterocycles. The van der Waals surface area contributed by atoms with Crippen molar-refractivity contribution in [3.8, 4) is 6.07 Å². The lowest BCUT2D eigenvalue weighted by molar-refractivity contribution is 0.0661. The van der Waals surface area contributed by atoms with Crippen LogP contribution in [0.15, 0.2) is 63.9 Å². The summed E-state index contributed by atoms with van der Waals surface area (Å²) in [4.78, 5) is 33.7. The summed E-state index contributed by atoms with van der Waals surface area (Å²) in [6.07, 6.45) is 0.642. The third-order valence-corrected chi connectivity index (χ3v) is 6.14. The Morgan fingerprint density at radius 1 is 1.14 bits per heavy atom. The molecule has 1 atom stereocenters. The van der Waals surface area contributed by atoms with Gasteiger partial charge in [-0.05, 0) is 37.5 Å². The molecule has 178 valence electrons. The highest BCUT2D eigenvalue weighted by Gasteiger charge is 2.30. The van der Waals surface area contributed by atoms with Crippen molar-refractivity contribution in [2.45, 2.75) is 46.2 Å². The normalized spacial score (nSPS) is 11.8. The molecule has 8 heteroatoms. The summed E-state index contributed by atoms with van der Waals surface area (Å²) < 4.78 is 6.96. The van der Waals surface area contributed by atoms with Crippen molar-refractivity contribution in [1.82, 2.24) is 19.6 Å². The van der Waals surface area contributed by atoms with Crippen LogP contribution in [-0.2, 0) is 6.54 Å². The number of amides is 1. The van der Waals surface area contributed by atoms with Crippen LogP contribution < -0.4 is 5.56 Å². The monoisotopic (exact) mass is 469 g/mol. The zero-order valence-corrected chi connectivity index (χ0v) is 20.1. The van der Waals surface area contributed by atoms with Crippen LogP contribution in [0.5, 0.6) is 0 Å². The van der Waals surface area contributed by atoms with E-state index in [0.29, 0.717) is 28.9 Å². The van der Waals surface area contributed by atoms with Gasteiger partial charge in [-0.15, -0.1) is 0 Å². The molecule has 0 aliphatic heterocycles. The largest absolute Gasteiger partial charge is 0.335 e. The van der Waals surface area contributed by atoms with Gasteiger partial charge in [0.15, 0.2) is 0 Å². The summed E-state index contributed by atoms with van der Waals surface area (Å²) in [6, 6.07) is 18.5. The van der Waals surface area contributed by atoms with Crippen LogP contribution in [0.25, 0.3) is 11.1 Å². The standard InChI is InChI=1S/C27H27N5O3/c1-4-22(31(16-10-15-28)26(33)21-14-9-8-11-18(21)2)24-29-25-23(19(3)30-35-25)27(34)32(24)17-20-12-6-5-7-13-20/h5-9,11-14,22H,4,10,16-17H2,1-3H3. The fraction of sp³-hybridized carbons (Fsp3) is 0.296. The number of benzene rings is 2. The Bertz CT molecular complexity index is 1450. The fourth-order valence-electron chi connectivity index (χ4n) is 4.34. The van der Waals surface area contributed by atoms with Crippen molar-refractivity contribution in [2.75, 3.05) is 6.54 Å². The molecule has 0 aliphatic carbocycles. The van der Waals surface area contributed by atoms with E-state index < -0.39 is 6.04 Å². The van der Waals surface area contributed by atoms with E-state index in [9.17, 15) is 14.9 Å². The van der Waals surface area contributed by atoms with Gasteiger partial charge in [-0.3, -0.25) is 14.2 Å². The van der Waals surface area contributed by atoms with Crippen molar-refractivity contribution in [3.05, 3.63) is 93.2 Å². The minimum absolute atomic E-state index is 0.147. The number of rotatable bonds is 8. The lowest BCUT2D eigenvalue weighted by atomic mass is 10.0. The van der Waals surface area contributed by atoms with Gasteiger partial charge < -0.3 is 9.42 Å². The number of carbonyl (C=O) groups is 1. The van der Waals surface area contributed by atoms with Crippen molar-refractivity contribution >= 4 is 17.0 Å². The number of aromatic nitrogens is 3. The summed E-state index contributed by atoms with van der Waals surface area (Å²) in [5.41, 5.74) is 2.66. The molecule has 8 nitrogen and oxygen atoms in total. The van der Waals surface area contributed by atoms with Gasteiger partial charge in [-0.2, -0.15) is 10.2 Å². The molecule has 1 amide bonds. The topological polar surface area (TPSA) is 105 Å².